The second kappa shape index (κ2) is 8.06. The van der Waals surface area contributed by atoms with Crippen LogP contribution in [0.5, 0.6) is 0 Å². The maximum absolute atomic E-state index is 4.51. The quantitative estimate of drug-likeness (QED) is 0.460. The van der Waals surface area contributed by atoms with Gasteiger partial charge in [0.1, 0.15) is 0 Å². The Kier molecular flexibility index (Phi) is 5.27. The number of rotatable bonds is 6. The van der Waals surface area contributed by atoms with Gasteiger partial charge in [0, 0.05) is 0 Å². The summed E-state index contributed by atoms with van der Waals surface area (Å²) in [7, 11) is 0. The van der Waals surface area contributed by atoms with E-state index in [-0.39, 0.29) is 0 Å². The Balaban J connectivity index is 1.37. The van der Waals surface area contributed by atoms with Gasteiger partial charge < -0.3 is 0 Å². The molecule has 0 saturated heterocycles. The Morgan fingerprint density at radius 1 is 0.967 bits per heavy atom. The molecular weight excluding hydrogens is 360 g/mol. The number of benzene rings is 2. The van der Waals surface area contributed by atoms with Gasteiger partial charge in [-0.25, -0.2) is 0 Å². The number of hydrogen-bond acceptors (Lipinski definition) is 0. The second-order valence-corrected chi connectivity index (χ2v) is 9.68. The topological polar surface area (TPSA) is 0 Å². The molecule has 3 aliphatic rings. The van der Waals surface area contributed by atoms with Crippen LogP contribution in [0, 0.1) is 5.92 Å². The van der Waals surface area contributed by atoms with E-state index in [0.29, 0.717) is 11.8 Å². The maximum atomic E-state index is 4.51. The summed E-state index contributed by atoms with van der Waals surface area (Å²) in [4.78, 5) is 0. The third-order valence-corrected chi connectivity index (χ3v) is 7.64. The molecule has 0 heteroatoms. The zero-order chi connectivity index (χ0) is 20.7. The zero-order valence-electron chi connectivity index (χ0n) is 18.6. The monoisotopic (exact) mass is 394 g/mol. The van der Waals surface area contributed by atoms with Crippen LogP contribution in [0.25, 0.3) is 11.1 Å². The fourth-order valence-corrected chi connectivity index (χ4v) is 5.72. The minimum atomic E-state index is 0.653. The molecule has 0 heterocycles. The minimum absolute atomic E-state index is 0.653. The van der Waals surface area contributed by atoms with Crippen LogP contribution < -0.4 is 0 Å². The molecule has 30 heavy (non-hydrogen) atoms. The molecule has 2 atom stereocenters. The third kappa shape index (κ3) is 3.73. The predicted molar refractivity (Wildman–Crippen MR) is 129 cm³/mol. The summed E-state index contributed by atoms with van der Waals surface area (Å²) in [6.45, 7) is 9.03. The molecule has 0 aromatic heterocycles. The average Bonchev–Trinajstić information content (AvgIpc) is 3.35. The molecule has 0 amide bonds. The van der Waals surface area contributed by atoms with Crippen LogP contribution in [0.2, 0.25) is 0 Å². The van der Waals surface area contributed by atoms with Crippen LogP contribution in [0.15, 0.2) is 77.9 Å². The molecule has 0 nitrogen and oxygen atoms in total. The second-order valence-electron chi connectivity index (χ2n) is 9.68. The van der Waals surface area contributed by atoms with Gasteiger partial charge in [-0.2, -0.15) is 0 Å². The molecule has 0 spiro atoms. The van der Waals surface area contributed by atoms with Crippen LogP contribution >= 0.6 is 0 Å². The van der Waals surface area contributed by atoms with Gasteiger partial charge in [0.15, 0.2) is 0 Å². The molecule has 154 valence electrons. The summed E-state index contributed by atoms with van der Waals surface area (Å²) in [5.41, 5.74) is 11.8. The van der Waals surface area contributed by atoms with E-state index < -0.39 is 0 Å². The van der Waals surface area contributed by atoms with E-state index >= 15 is 0 Å². The normalized spacial score (nSPS) is 23.4. The standard InChI is InChI=1S/C30H34/c1-4-22-18-27(30-8-6-5-7-29(30)23-11-12-23)15-16-28(22)26-14-13-25(19-26)21(3)24-10-9-20(2)17-24/h5-9,15-18,23,25-26H,3-4,10-14,19H2,1-2H3. The summed E-state index contributed by atoms with van der Waals surface area (Å²) in [5.74, 6) is 2.13. The van der Waals surface area contributed by atoms with Crippen LogP contribution in [0.4, 0.5) is 0 Å². The molecule has 0 aliphatic heterocycles. The van der Waals surface area contributed by atoms with Crippen molar-refractivity contribution in [3.63, 3.8) is 0 Å². The van der Waals surface area contributed by atoms with E-state index in [1.807, 2.05) is 0 Å². The first-order valence-corrected chi connectivity index (χ1v) is 11.9. The SMILES string of the molecule is C=C(C1=CC(C)=CC1)C1CCC(c2ccc(-c3ccccc3C3CC3)cc2CC)C1. The maximum Gasteiger partial charge on any atom is -0.00890 e. The van der Waals surface area contributed by atoms with Crippen molar-refractivity contribution in [3.05, 3.63) is 94.6 Å². The van der Waals surface area contributed by atoms with Crippen molar-refractivity contribution in [3.8, 4) is 11.1 Å². The highest BCUT2D eigenvalue weighted by molar-refractivity contribution is 5.70. The zero-order valence-corrected chi connectivity index (χ0v) is 18.6. The Morgan fingerprint density at radius 2 is 1.77 bits per heavy atom. The Bertz CT molecular complexity index is 1030. The summed E-state index contributed by atoms with van der Waals surface area (Å²) in [6.07, 6.45) is 13.4. The molecule has 0 bridgehead atoms. The van der Waals surface area contributed by atoms with Gasteiger partial charge in [0.25, 0.3) is 0 Å². The first kappa shape index (κ1) is 19.6. The van der Waals surface area contributed by atoms with E-state index in [0.717, 1.165) is 18.8 Å². The highest BCUT2D eigenvalue weighted by Crippen LogP contribution is 2.47. The molecule has 0 radical (unpaired) electrons. The van der Waals surface area contributed by atoms with Crippen LogP contribution in [-0.2, 0) is 6.42 Å². The van der Waals surface area contributed by atoms with Gasteiger partial charge in [-0.05, 0) is 109 Å². The fourth-order valence-electron chi connectivity index (χ4n) is 5.72. The van der Waals surface area contributed by atoms with E-state index in [1.165, 1.54) is 60.0 Å². The summed E-state index contributed by atoms with van der Waals surface area (Å²) in [6, 6.07) is 16.4. The fraction of sp³-hybridized carbons (Fsp3) is 0.400. The number of hydrogen-bond donors (Lipinski definition) is 0. The predicted octanol–water partition coefficient (Wildman–Crippen LogP) is 8.51. The van der Waals surface area contributed by atoms with Crippen molar-refractivity contribution >= 4 is 0 Å². The van der Waals surface area contributed by atoms with Crippen LogP contribution in [-0.4, -0.2) is 0 Å². The van der Waals surface area contributed by atoms with E-state index in [9.17, 15) is 0 Å². The summed E-state index contributed by atoms with van der Waals surface area (Å²) < 4.78 is 0. The van der Waals surface area contributed by atoms with Crippen LogP contribution in [0.3, 0.4) is 0 Å². The molecule has 0 N–H and O–H groups in total. The highest BCUT2D eigenvalue weighted by atomic mass is 14.4. The first-order valence-electron chi connectivity index (χ1n) is 11.9. The summed E-state index contributed by atoms with van der Waals surface area (Å²) >= 11 is 0. The van der Waals surface area contributed by atoms with Gasteiger partial charge in [-0.3, -0.25) is 0 Å². The molecular formula is C30H34. The molecule has 2 aromatic carbocycles. The summed E-state index contributed by atoms with van der Waals surface area (Å²) in [5, 5.41) is 0. The molecule has 2 fully saturated rings. The van der Waals surface area contributed by atoms with Gasteiger partial charge in [-0.1, -0.05) is 73.7 Å². The largest absolute Gasteiger partial charge is 0.0953 e. The minimum Gasteiger partial charge on any atom is -0.0953 e. The van der Waals surface area contributed by atoms with Gasteiger partial charge in [0.2, 0.25) is 0 Å². The lowest BCUT2D eigenvalue weighted by atomic mass is 9.86. The number of allylic oxidation sites excluding steroid dienone is 5. The average molecular weight is 395 g/mol. The van der Waals surface area contributed by atoms with Crippen molar-refractivity contribution in [2.45, 2.75) is 70.6 Å². The lowest BCUT2D eigenvalue weighted by Crippen LogP contribution is -2.03. The van der Waals surface area contributed by atoms with E-state index in [4.69, 9.17) is 0 Å². The molecule has 2 unspecified atom stereocenters. The van der Waals surface area contributed by atoms with Crippen molar-refractivity contribution in [1.29, 1.82) is 0 Å². The van der Waals surface area contributed by atoms with E-state index in [2.05, 4.69) is 75.0 Å². The highest BCUT2D eigenvalue weighted by Gasteiger charge is 2.30. The molecule has 3 aliphatic carbocycles. The Hall–Kier alpha value is -2.34. The Morgan fingerprint density at radius 3 is 2.50 bits per heavy atom. The smallest absolute Gasteiger partial charge is 0.00890 e. The van der Waals surface area contributed by atoms with Gasteiger partial charge in [-0.15, -0.1) is 0 Å². The Labute approximate surface area is 182 Å². The van der Waals surface area contributed by atoms with Crippen molar-refractivity contribution in [2.75, 3.05) is 0 Å². The van der Waals surface area contributed by atoms with Gasteiger partial charge >= 0.3 is 0 Å². The molecule has 2 aromatic rings. The number of aryl methyl sites for hydroxylation is 1. The third-order valence-electron chi connectivity index (χ3n) is 7.64. The van der Waals surface area contributed by atoms with Gasteiger partial charge in [0.05, 0.1) is 0 Å². The first-order chi connectivity index (χ1) is 14.6. The van der Waals surface area contributed by atoms with Crippen molar-refractivity contribution < 1.29 is 0 Å². The lowest BCUT2D eigenvalue weighted by molar-refractivity contribution is 0.628. The van der Waals surface area contributed by atoms with E-state index in [1.54, 1.807) is 16.7 Å². The van der Waals surface area contributed by atoms with Crippen molar-refractivity contribution in [2.24, 2.45) is 5.92 Å². The lowest BCUT2D eigenvalue weighted by Gasteiger charge is -2.19. The molecule has 5 rings (SSSR count). The van der Waals surface area contributed by atoms with Crippen molar-refractivity contribution in [1.82, 2.24) is 0 Å². The molecule has 2 saturated carbocycles. The van der Waals surface area contributed by atoms with Crippen LogP contribution in [0.1, 0.15) is 80.9 Å².